The van der Waals surface area contributed by atoms with Crippen molar-refractivity contribution in [3.8, 4) is 0 Å². The molecule has 2 nitrogen and oxygen atoms in total. The van der Waals surface area contributed by atoms with Gasteiger partial charge in [0, 0.05) is 13.2 Å². The van der Waals surface area contributed by atoms with Crippen molar-refractivity contribution in [1.82, 2.24) is 0 Å². The predicted molar refractivity (Wildman–Crippen MR) is 58.0 cm³/mol. The molecule has 1 heterocycles. The number of nitrogens with two attached hydrogens (primary N) is 1. The maximum atomic E-state index is 5.98. The van der Waals surface area contributed by atoms with Gasteiger partial charge in [-0.1, -0.05) is 13.8 Å². The van der Waals surface area contributed by atoms with Crippen LogP contribution >= 0.6 is 0 Å². The lowest BCUT2D eigenvalue weighted by Crippen LogP contribution is -2.53. The van der Waals surface area contributed by atoms with Crippen LogP contribution in [0.1, 0.15) is 39.5 Å². The molecule has 1 saturated heterocycles. The standard InChI is InChI=1S/C12H23NO/c1-11(2)7-12(8-11,9-13)10-3-5-14-6-4-10/h10H,3-9,13H2,1-2H3. The zero-order valence-corrected chi connectivity index (χ0v) is 9.51. The first-order valence-electron chi connectivity index (χ1n) is 5.86. The van der Waals surface area contributed by atoms with Crippen molar-refractivity contribution in [3.05, 3.63) is 0 Å². The van der Waals surface area contributed by atoms with Crippen LogP contribution in [0.15, 0.2) is 0 Å². The zero-order chi connectivity index (χ0) is 10.2. The summed E-state index contributed by atoms with van der Waals surface area (Å²) in [5.41, 5.74) is 6.98. The Morgan fingerprint density at radius 1 is 1.21 bits per heavy atom. The second-order valence-electron chi connectivity index (χ2n) is 5.97. The van der Waals surface area contributed by atoms with Gasteiger partial charge in [0.2, 0.25) is 0 Å². The van der Waals surface area contributed by atoms with E-state index in [1.165, 1.54) is 25.7 Å². The van der Waals surface area contributed by atoms with E-state index in [4.69, 9.17) is 10.5 Å². The Bertz CT molecular complexity index is 198. The molecule has 82 valence electrons. The number of rotatable bonds is 2. The van der Waals surface area contributed by atoms with E-state index < -0.39 is 0 Å². The highest BCUT2D eigenvalue weighted by Crippen LogP contribution is 2.59. The number of ether oxygens (including phenoxy) is 1. The second kappa shape index (κ2) is 3.49. The summed E-state index contributed by atoms with van der Waals surface area (Å²) in [6.45, 7) is 7.50. The highest BCUT2D eigenvalue weighted by molar-refractivity contribution is 5.03. The lowest BCUT2D eigenvalue weighted by atomic mass is 9.49. The number of hydrogen-bond acceptors (Lipinski definition) is 2. The minimum atomic E-state index is 0.466. The molecule has 0 radical (unpaired) electrons. The first-order valence-corrected chi connectivity index (χ1v) is 5.86. The topological polar surface area (TPSA) is 35.2 Å². The van der Waals surface area contributed by atoms with E-state index in [9.17, 15) is 0 Å². The third kappa shape index (κ3) is 1.70. The Hall–Kier alpha value is -0.0800. The van der Waals surface area contributed by atoms with Gasteiger partial charge in [-0.2, -0.15) is 0 Å². The summed E-state index contributed by atoms with van der Waals surface area (Å²) in [7, 11) is 0. The van der Waals surface area contributed by atoms with Crippen molar-refractivity contribution in [2.24, 2.45) is 22.5 Å². The van der Waals surface area contributed by atoms with Crippen molar-refractivity contribution < 1.29 is 4.74 Å². The molecular weight excluding hydrogens is 174 g/mol. The highest BCUT2D eigenvalue weighted by Gasteiger charge is 2.52. The fraction of sp³-hybridized carbons (Fsp3) is 1.00. The van der Waals surface area contributed by atoms with Crippen LogP contribution in [0, 0.1) is 16.7 Å². The molecule has 0 amide bonds. The summed E-state index contributed by atoms with van der Waals surface area (Å²) in [4.78, 5) is 0. The molecule has 0 unspecified atom stereocenters. The zero-order valence-electron chi connectivity index (χ0n) is 9.51. The Balaban J connectivity index is 1.99. The Kier molecular flexibility index (Phi) is 2.61. The molecule has 2 aliphatic rings. The van der Waals surface area contributed by atoms with E-state index in [0.29, 0.717) is 10.8 Å². The molecule has 0 aromatic heterocycles. The normalized spacial score (nSPS) is 31.1. The molecule has 2 rings (SSSR count). The SMILES string of the molecule is CC1(C)CC(CN)(C2CCOCC2)C1. The monoisotopic (exact) mass is 197 g/mol. The second-order valence-corrected chi connectivity index (χ2v) is 5.97. The summed E-state index contributed by atoms with van der Waals surface area (Å²) < 4.78 is 5.42. The fourth-order valence-corrected chi connectivity index (χ4v) is 3.76. The smallest absolute Gasteiger partial charge is 0.0468 e. The summed E-state index contributed by atoms with van der Waals surface area (Å²) in [5.74, 6) is 0.828. The van der Waals surface area contributed by atoms with Gasteiger partial charge in [-0.15, -0.1) is 0 Å². The van der Waals surface area contributed by atoms with Crippen LogP contribution in [0.5, 0.6) is 0 Å². The third-order valence-corrected chi connectivity index (χ3v) is 4.16. The average Bonchev–Trinajstić information content (AvgIpc) is 2.15. The Morgan fingerprint density at radius 2 is 1.79 bits per heavy atom. The maximum absolute atomic E-state index is 5.98. The van der Waals surface area contributed by atoms with Gasteiger partial charge < -0.3 is 10.5 Å². The van der Waals surface area contributed by atoms with Crippen LogP contribution < -0.4 is 5.73 Å². The Labute approximate surface area is 87.2 Å². The molecule has 1 saturated carbocycles. The highest BCUT2D eigenvalue weighted by atomic mass is 16.5. The summed E-state index contributed by atoms with van der Waals surface area (Å²) in [6.07, 6.45) is 5.10. The van der Waals surface area contributed by atoms with E-state index in [0.717, 1.165) is 25.7 Å². The first-order chi connectivity index (χ1) is 6.58. The Morgan fingerprint density at radius 3 is 2.21 bits per heavy atom. The molecule has 0 spiro atoms. The molecule has 0 aromatic carbocycles. The van der Waals surface area contributed by atoms with Crippen LogP contribution in [-0.4, -0.2) is 19.8 Å². The van der Waals surface area contributed by atoms with E-state index >= 15 is 0 Å². The van der Waals surface area contributed by atoms with Crippen LogP contribution in [-0.2, 0) is 4.74 Å². The minimum Gasteiger partial charge on any atom is -0.381 e. The average molecular weight is 197 g/mol. The fourth-order valence-electron chi connectivity index (χ4n) is 3.76. The quantitative estimate of drug-likeness (QED) is 0.736. The van der Waals surface area contributed by atoms with Gasteiger partial charge in [0.05, 0.1) is 0 Å². The van der Waals surface area contributed by atoms with E-state index in [-0.39, 0.29) is 0 Å². The maximum Gasteiger partial charge on any atom is 0.0468 e. The summed E-state index contributed by atoms with van der Waals surface area (Å²) >= 11 is 0. The van der Waals surface area contributed by atoms with Crippen LogP contribution in [0.3, 0.4) is 0 Å². The van der Waals surface area contributed by atoms with Crippen molar-refractivity contribution in [3.63, 3.8) is 0 Å². The molecule has 14 heavy (non-hydrogen) atoms. The molecule has 0 atom stereocenters. The van der Waals surface area contributed by atoms with Gasteiger partial charge in [-0.05, 0) is 49.0 Å². The summed E-state index contributed by atoms with van der Waals surface area (Å²) in [5, 5.41) is 0. The van der Waals surface area contributed by atoms with Gasteiger partial charge in [-0.25, -0.2) is 0 Å². The molecule has 0 aromatic rings. The molecule has 1 aliphatic carbocycles. The molecule has 0 bridgehead atoms. The molecule has 2 N–H and O–H groups in total. The van der Waals surface area contributed by atoms with Crippen LogP contribution in [0.2, 0.25) is 0 Å². The molecular formula is C12H23NO. The van der Waals surface area contributed by atoms with Crippen molar-refractivity contribution in [2.45, 2.75) is 39.5 Å². The van der Waals surface area contributed by atoms with Crippen molar-refractivity contribution in [1.29, 1.82) is 0 Å². The van der Waals surface area contributed by atoms with Gasteiger partial charge in [0.15, 0.2) is 0 Å². The summed E-state index contributed by atoms with van der Waals surface area (Å²) in [6, 6.07) is 0. The van der Waals surface area contributed by atoms with Crippen molar-refractivity contribution in [2.75, 3.05) is 19.8 Å². The van der Waals surface area contributed by atoms with Crippen LogP contribution in [0.25, 0.3) is 0 Å². The predicted octanol–water partition coefficient (Wildman–Crippen LogP) is 2.18. The van der Waals surface area contributed by atoms with Gasteiger partial charge in [0.25, 0.3) is 0 Å². The van der Waals surface area contributed by atoms with Gasteiger partial charge >= 0.3 is 0 Å². The molecule has 2 fully saturated rings. The minimum absolute atomic E-state index is 0.466. The van der Waals surface area contributed by atoms with Gasteiger partial charge in [0.1, 0.15) is 0 Å². The molecule has 2 heteroatoms. The van der Waals surface area contributed by atoms with E-state index in [1.807, 2.05) is 0 Å². The third-order valence-electron chi connectivity index (χ3n) is 4.16. The lowest BCUT2D eigenvalue weighted by Gasteiger charge is -2.57. The largest absolute Gasteiger partial charge is 0.381 e. The van der Waals surface area contributed by atoms with Crippen LogP contribution in [0.4, 0.5) is 0 Å². The van der Waals surface area contributed by atoms with Gasteiger partial charge in [-0.3, -0.25) is 0 Å². The first kappa shape index (κ1) is 10.4. The van der Waals surface area contributed by atoms with Crippen molar-refractivity contribution >= 4 is 0 Å². The molecule has 1 aliphatic heterocycles. The van der Waals surface area contributed by atoms with E-state index in [2.05, 4.69) is 13.8 Å². The van der Waals surface area contributed by atoms with E-state index in [1.54, 1.807) is 0 Å². The lowest BCUT2D eigenvalue weighted by molar-refractivity contribution is -0.0896. The number of hydrogen-bond donors (Lipinski definition) is 1.